The molecule has 0 heterocycles. The van der Waals surface area contributed by atoms with Crippen LogP contribution in [0.5, 0.6) is 0 Å². The van der Waals surface area contributed by atoms with Crippen molar-refractivity contribution in [1.29, 1.82) is 0 Å². The molecule has 0 unspecified atom stereocenters. The second-order valence-electron chi connectivity index (χ2n) is 4.75. The van der Waals surface area contributed by atoms with Crippen LogP contribution in [0, 0.1) is 5.41 Å². The summed E-state index contributed by atoms with van der Waals surface area (Å²) < 4.78 is 0. The van der Waals surface area contributed by atoms with Gasteiger partial charge in [0, 0.05) is 24.7 Å². The van der Waals surface area contributed by atoms with E-state index in [4.69, 9.17) is 5.73 Å². The van der Waals surface area contributed by atoms with Gasteiger partial charge in [-0.25, -0.2) is 0 Å². The maximum atomic E-state index is 5.87. The predicted molar refractivity (Wildman–Crippen MR) is 65.1 cm³/mol. The molecule has 1 fully saturated rings. The topological polar surface area (TPSA) is 29.3 Å². The molecule has 0 bridgehead atoms. The van der Waals surface area contributed by atoms with Crippen LogP contribution in [-0.2, 0) is 0 Å². The van der Waals surface area contributed by atoms with Gasteiger partial charge in [-0.15, -0.1) is 0 Å². The minimum absolute atomic E-state index is 0.393. The molecule has 82 valence electrons. The molecule has 0 saturated heterocycles. The molecule has 2 nitrogen and oxygen atoms in total. The summed E-state index contributed by atoms with van der Waals surface area (Å²) in [5, 5.41) is 0. The third-order valence-electron chi connectivity index (χ3n) is 3.62. The Kier molecular flexibility index (Phi) is 2.96. The van der Waals surface area contributed by atoms with Crippen molar-refractivity contribution in [1.82, 2.24) is 0 Å². The molecule has 2 N–H and O–H groups in total. The Hall–Kier alpha value is -1.02. The molecule has 15 heavy (non-hydrogen) atoms. The number of nitrogens with two attached hydrogens (primary N) is 1. The number of hydrogen-bond acceptors (Lipinski definition) is 2. The Morgan fingerprint density at radius 3 is 2.40 bits per heavy atom. The fourth-order valence-electron chi connectivity index (χ4n) is 2.38. The maximum absolute atomic E-state index is 5.87. The normalized spacial score (nSPS) is 18.3. The highest BCUT2D eigenvalue weighted by atomic mass is 15.1. The van der Waals surface area contributed by atoms with Gasteiger partial charge in [0.15, 0.2) is 0 Å². The van der Waals surface area contributed by atoms with Crippen LogP contribution in [0.1, 0.15) is 19.3 Å². The number of nitrogens with zero attached hydrogens (tertiary/aromatic N) is 1. The molecular formula is C13H20N2. The molecule has 2 heteroatoms. The Morgan fingerprint density at radius 1 is 1.27 bits per heavy atom. The van der Waals surface area contributed by atoms with E-state index in [0.29, 0.717) is 5.41 Å². The van der Waals surface area contributed by atoms with Crippen LogP contribution >= 0.6 is 0 Å². The molecule has 0 radical (unpaired) electrons. The fourth-order valence-corrected chi connectivity index (χ4v) is 2.38. The van der Waals surface area contributed by atoms with Crippen molar-refractivity contribution >= 4 is 5.69 Å². The minimum atomic E-state index is 0.393. The Bertz CT molecular complexity index is 298. The average molecular weight is 204 g/mol. The number of benzene rings is 1. The van der Waals surface area contributed by atoms with Crippen LogP contribution in [0.3, 0.4) is 0 Å². The van der Waals surface area contributed by atoms with Gasteiger partial charge in [0.25, 0.3) is 0 Å². The number of hydrogen-bond donors (Lipinski definition) is 1. The molecule has 0 aliphatic heterocycles. The highest BCUT2D eigenvalue weighted by Crippen LogP contribution is 2.40. The zero-order valence-corrected chi connectivity index (χ0v) is 9.45. The number of rotatable bonds is 4. The van der Waals surface area contributed by atoms with E-state index in [9.17, 15) is 0 Å². The molecule has 1 aromatic carbocycles. The third-order valence-corrected chi connectivity index (χ3v) is 3.62. The second kappa shape index (κ2) is 4.23. The molecule has 0 amide bonds. The van der Waals surface area contributed by atoms with E-state index in [-0.39, 0.29) is 0 Å². The lowest BCUT2D eigenvalue weighted by molar-refractivity contribution is 0.154. The van der Waals surface area contributed by atoms with E-state index >= 15 is 0 Å². The van der Waals surface area contributed by atoms with Gasteiger partial charge >= 0.3 is 0 Å². The second-order valence-corrected chi connectivity index (χ2v) is 4.75. The summed E-state index contributed by atoms with van der Waals surface area (Å²) in [6.45, 7) is 1.91. The fraction of sp³-hybridized carbons (Fsp3) is 0.538. The molecule has 1 saturated carbocycles. The highest BCUT2D eigenvalue weighted by Gasteiger charge is 2.36. The van der Waals surface area contributed by atoms with E-state index in [2.05, 4.69) is 42.3 Å². The first kappa shape index (κ1) is 10.5. The van der Waals surface area contributed by atoms with Crippen molar-refractivity contribution < 1.29 is 0 Å². The SMILES string of the molecule is CN(CC1(CN)CCC1)c1ccccc1. The molecule has 1 aromatic rings. The van der Waals surface area contributed by atoms with Gasteiger partial charge in [0.2, 0.25) is 0 Å². The van der Waals surface area contributed by atoms with Crippen LogP contribution in [0.25, 0.3) is 0 Å². The average Bonchev–Trinajstić information content (AvgIpc) is 2.24. The van der Waals surface area contributed by atoms with Crippen LogP contribution in [0.15, 0.2) is 30.3 Å². The zero-order valence-electron chi connectivity index (χ0n) is 9.45. The van der Waals surface area contributed by atoms with Gasteiger partial charge in [-0.05, 0) is 31.5 Å². The molecule has 1 aliphatic carbocycles. The molecule has 2 rings (SSSR count). The summed E-state index contributed by atoms with van der Waals surface area (Å²) in [6, 6.07) is 10.5. The Balaban J connectivity index is 2.00. The van der Waals surface area contributed by atoms with E-state index in [1.54, 1.807) is 0 Å². The lowest BCUT2D eigenvalue weighted by Gasteiger charge is -2.44. The van der Waals surface area contributed by atoms with E-state index in [1.165, 1.54) is 24.9 Å². The summed E-state index contributed by atoms with van der Waals surface area (Å²) in [4.78, 5) is 2.33. The minimum Gasteiger partial charge on any atom is -0.374 e. The zero-order chi connectivity index (χ0) is 10.7. The van der Waals surface area contributed by atoms with Crippen molar-refractivity contribution in [2.75, 3.05) is 25.0 Å². The van der Waals surface area contributed by atoms with Crippen molar-refractivity contribution in [3.8, 4) is 0 Å². The standard InChI is InChI=1S/C13H20N2/c1-15(12-6-3-2-4-7-12)11-13(10-14)8-5-9-13/h2-4,6-7H,5,8-11,14H2,1H3. The van der Waals surface area contributed by atoms with Gasteiger partial charge in [-0.2, -0.15) is 0 Å². The quantitative estimate of drug-likeness (QED) is 0.815. The van der Waals surface area contributed by atoms with Crippen LogP contribution in [-0.4, -0.2) is 20.1 Å². The van der Waals surface area contributed by atoms with Crippen LogP contribution < -0.4 is 10.6 Å². The first-order chi connectivity index (χ1) is 7.26. The largest absolute Gasteiger partial charge is 0.374 e. The van der Waals surface area contributed by atoms with Crippen molar-refractivity contribution in [3.63, 3.8) is 0 Å². The summed E-state index contributed by atoms with van der Waals surface area (Å²) >= 11 is 0. The van der Waals surface area contributed by atoms with Gasteiger partial charge in [0.05, 0.1) is 0 Å². The lowest BCUT2D eigenvalue weighted by atomic mass is 9.68. The first-order valence-electron chi connectivity index (χ1n) is 5.72. The summed E-state index contributed by atoms with van der Waals surface area (Å²) in [6.07, 6.45) is 3.93. The first-order valence-corrected chi connectivity index (χ1v) is 5.72. The Morgan fingerprint density at radius 2 is 1.93 bits per heavy atom. The monoisotopic (exact) mass is 204 g/mol. The van der Waals surface area contributed by atoms with E-state index in [0.717, 1.165) is 13.1 Å². The van der Waals surface area contributed by atoms with Gasteiger partial charge in [-0.1, -0.05) is 24.6 Å². The van der Waals surface area contributed by atoms with Crippen LogP contribution in [0.4, 0.5) is 5.69 Å². The van der Waals surface area contributed by atoms with Crippen molar-refractivity contribution in [3.05, 3.63) is 30.3 Å². The molecular weight excluding hydrogens is 184 g/mol. The van der Waals surface area contributed by atoms with Crippen LogP contribution in [0.2, 0.25) is 0 Å². The summed E-state index contributed by atoms with van der Waals surface area (Å²) in [7, 11) is 2.16. The molecule has 0 aromatic heterocycles. The maximum Gasteiger partial charge on any atom is 0.0363 e. The molecule has 1 aliphatic rings. The van der Waals surface area contributed by atoms with Gasteiger partial charge < -0.3 is 10.6 Å². The Labute approximate surface area is 92.1 Å². The smallest absolute Gasteiger partial charge is 0.0363 e. The van der Waals surface area contributed by atoms with Crippen molar-refractivity contribution in [2.24, 2.45) is 11.1 Å². The van der Waals surface area contributed by atoms with Gasteiger partial charge in [-0.3, -0.25) is 0 Å². The van der Waals surface area contributed by atoms with Gasteiger partial charge in [0.1, 0.15) is 0 Å². The molecule has 0 atom stereocenters. The third kappa shape index (κ3) is 2.15. The lowest BCUT2D eigenvalue weighted by Crippen LogP contribution is -2.46. The van der Waals surface area contributed by atoms with E-state index in [1.807, 2.05) is 0 Å². The highest BCUT2D eigenvalue weighted by molar-refractivity contribution is 5.45. The van der Waals surface area contributed by atoms with Crippen molar-refractivity contribution in [2.45, 2.75) is 19.3 Å². The van der Waals surface area contributed by atoms with E-state index < -0.39 is 0 Å². The number of para-hydroxylation sites is 1. The molecule has 0 spiro atoms. The number of anilines is 1. The predicted octanol–water partition coefficient (Wildman–Crippen LogP) is 2.25. The summed E-state index contributed by atoms with van der Waals surface area (Å²) in [5.41, 5.74) is 7.55. The summed E-state index contributed by atoms with van der Waals surface area (Å²) in [5.74, 6) is 0.